The molecule has 0 atom stereocenters. The summed E-state index contributed by atoms with van der Waals surface area (Å²) in [4.78, 5) is 0. The van der Waals surface area contributed by atoms with Gasteiger partial charge in [0.2, 0.25) is 0 Å². The summed E-state index contributed by atoms with van der Waals surface area (Å²) in [7, 11) is 0. The maximum absolute atomic E-state index is 4.39. The SMILES string of the molecule is Cc1n[nH]c(C)c1B(c1c(C)n[nH]c1C)c1c(C)n[nH]c1C.Cc1n[nH]c(C)c1B(c1c(C)n[nH]c1C)c1c(C)n[nH]c1C.Cc1n[nH]c(C)c1B(c1c(C)n[nH]c1C)c1c(C)n[nH]c1C.Cl.[Fe]. The van der Waals surface area contributed by atoms with E-state index in [9.17, 15) is 0 Å². The molecule has 0 aliphatic heterocycles. The van der Waals surface area contributed by atoms with Crippen molar-refractivity contribution in [1.29, 1.82) is 0 Å². The smallest absolute Gasteiger partial charge is 0.255 e. The largest absolute Gasteiger partial charge is 0.283 e. The van der Waals surface area contributed by atoms with Crippen molar-refractivity contribution >= 4 is 81.7 Å². The van der Waals surface area contributed by atoms with E-state index < -0.39 is 0 Å². The van der Waals surface area contributed by atoms with Crippen molar-refractivity contribution in [2.24, 2.45) is 0 Å². The Bertz CT molecular complexity index is 2320. The van der Waals surface area contributed by atoms with E-state index in [1.165, 1.54) is 49.2 Å². The fraction of sp³-hybridized carbons (Fsp3) is 0.400. The molecule has 0 spiro atoms. The van der Waals surface area contributed by atoms with Gasteiger partial charge >= 0.3 is 0 Å². The Hall–Kier alpha value is -6.11. The molecule has 9 N–H and O–H groups in total. The zero-order valence-corrected chi connectivity index (χ0v) is 44.4. The Morgan fingerprint density at radius 2 is 0.294 bits per heavy atom. The molecule has 0 fully saturated rings. The number of aromatic nitrogens is 18. The van der Waals surface area contributed by atoms with Gasteiger partial charge in [0, 0.05) is 68.3 Å². The monoisotopic (exact) mass is 980 g/mol. The van der Waals surface area contributed by atoms with E-state index in [2.05, 4.69) is 154 Å². The van der Waals surface area contributed by atoms with E-state index in [0.717, 1.165) is 102 Å². The third-order valence-corrected chi connectivity index (χ3v) is 13.3. The quantitative estimate of drug-likeness (QED) is 0.0938. The van der Waals surface area contributed by atoms with Gasteiger partial charge in [0.15, 0.2) is 0 Å². The first kappa shape index (κ1) is 52.9. The number of nitrogens with zero attached hydrogens (tertiary/aromatic N) is 9. The zero-order chi connectivity index (χ0) is 48.0. The number of hydrogen-bond donors (Lipinski definition) is 9. The number of aryl methyl sites for hydroxylation is 18. The van der Waals surface area contributed by atoms with Gasteiger partial charge in [0.05, 0.1) is 51.2 Å². The van der Waals surface area contributed by atoms with Crippen LogP contribution in [0.25, 0.3) is 0 Å². The van der Waals surface area contributed by atoms with Gasteiger partial charge in [-0.25, -0.2) is 0 Å². The summed E-state index contributed by atoms with van der Waals surface area (Å²) < 4.78 is 0. The third kappa shape index (κ3) is 9.63. The molecule has 0 radical (unpaired) electrons. The first-order valence-corrected chi connectivity index (χ1v) is 22.4. The molecule has 0 saturated carbocycles. The van der Waals surface area contributed by atoms with Crippen LogP contribution >= 0.6 is 12.4 Å². The topological polar surface area (TPSA) is 258 Å². The molecule has 0 saturated heterocycles. The van der Waals surface area contributed by atoms with E-state index in [1.54, 1.807) is 0 Å². The summed E-state index contributed by atoms with van der Waals surface area (Å²) in [6.07, 6.45) is 0. The molecule has 9 heterocycles. The molecular weight excluding hydrogens is 916 g/mol. The second-order valence-electron chi connectivity index (χ2n) is 17.9. The molecule has 358 valence electrons. The minimum Gasteiger partial charge on any atom is -0.283 e. The second-order valence-corrected chi connectivity index (χ2v) is 17.9. The molecule has 9 aromatic rings. The van der Waals surface area contributed by atoms with Gasteiger partial charge < -0.3 is 0 Å². The van der Waals surface area contributed by atoms with E-state index in [0.29, 0.717) is 0 Å². The van der Waals surface area contributed by atoms with E-state index in [-0.39, 0.29) is 49.6 Å². The standard InChI is InChI=1S/3C15H21BN6.ClH.Fe/c3*1-7-13(8(2)18-17-7)16(14-9(3)19-20-10(14)4)15-11(5)21-22-12(15)6;;/h3*1-6H3,(H,17,18)(H,19,20)(H,21,22);1H;. The molecule has 9 rings (SSSR count). The number of hydrogen-bond acceptors (Lipinski definition) is 9. The summed E-state index contributed by atoms with van der Waals surface area (Å²) >= 11 is 0. The average molecular weight is 981 g/mol. The Morgan fingerprint density at radius 1 is 0.206 bits per heavy atom. The Labute approximate surface area is 415 Å². The van der Waals surface area contributed by atoms with Crippen molar-refractivity contribution in [2.45, 2.75) is 125 Å². The fourth-order valence-corrected chi connectivity index (χ4v) is 10.2. The number of halogens is 1. The van der Waals surface area contributed by atoms with Crippen molar-refractivity contribution < 1.29 is 17.1 Å². The molecule has 9 aromatic heterocycles. The molecule has 23 heteroatoms. The minimum atomic E-state index is 0. The molecule has 0 aromatic carbocycles. The molecule has 0 aliphatic carbocycles. The summed E-state index contributed by atoms with van der Waals surface area (Å²) in [5, 5.41) is 67.5. The van der Waals surface area contributed by atoms with Crippen LogP contribution in [-0.2, 0) is 17.1 Å². The predicted octanol–water partition coefficient (Wildman–Crippen LogP) is 1.09. The van der Waals surface area contributed by atoms with Crippen LogP contribution in [0.1, 0.15) is 102 Å². The van der Waals surface area contributed by atoms with Gasteiger partial charge in [0.25, 0.3) is 20.1 Å². The molecule has 68 heavy (non-hydrogen) atoms. The second kappa shape index (κ2) is 21.0. The van der Waals surface area contributed by atoms with Gasteiger partial charge in [-0.3, -0.25) is 45.9 Å². The molecule has 0 amide bonds. The van der Waals surface area contributed by atoms with Crippen LogP contribution in [0.15, 0.2) is 0 Å². The van der Waals surface area contributed by atoms with Crippen LogP contribution in [0.3, 0.4) is 0 Å². The zero-order valence-electron chi connectivity index (χ0n) is 42.5. The fourth-order valence-electron chi connectivity index (χ4n) is 10.2. The molecule has 0 bridgehead atoms. The van der Waals surface area contributed by atoms with Crippen molar-refractivity contribution in [3.8, 4) is 0 Å². The summed E-state index contributed by atoms with van der Waals surface area (Å²) in [6.45, 7) is 37.2. The van der Waals surface area contributed by atoms with Crippen molar-refractivity contribution in [3.05, 3.63) is 102 Å². The van der Waals surface area contributed by atoms with Crippen LogP contribution in [0, 0.1) is 125 Å². The van der Waals surface area contributed by atoms with E-state index in [4.69, 9.17) is 0 Å². The Kier molecular flexibility index (Phi) is 16.4. The summed E-state index contributed by atoms with van der Waals surface area (Å²) in [6, 6.07) is 0. The average Bonchev–Trinajstić information content (AvgIpc) is 4.18. The van der Waals surface area contributed by atoms with Crippen LogP contribution < -0.4 is 49.2 Å². The maximum atomic E-state index is 4.39. The van der Waals surface area contributed by atoms with Crippen LogP contribution in [0.2, 0.25) is 0 Å². The maximum Gasteiger partial charge on any atom is 0.255 e. The van der Waals surface area contributed by atoms with Crippen molar-refractivity contribution in [3.63, 3.8) is 0 Å². The molecule has 0 aliphatic rings. The first-order chi connectivity index (χ1) is 31.2. The Morgan fingerprint density at radius 3 is 0.353 bits per heavy atom. The predicted molar refractivity (Wildman–Crippen MR) is 274 cm³/mol. The summed E-state index contributed by atoms with van der Waals surface area (Å²) in [5.41, 5.74) is 29.8. The Balaban J connectivity index is 0.000000188. The van der Waals surface area contributed by atoms with E-state index >= 15 is 0 Å². The van der Waals surface area contributed by atoms with Gasteiger partial charge in [-0.05, 0) is 174 Å². The molecule has 0 unspecified atom stereocenters. The first-order valence-electron chi connectivity index (χ1n) is 22.4. The number of H-pyrrole nitrogens is 9. The normalized spacial score (nSPS) is 10.9. The molecular formula is C45H64B3ClFeN18. The third-order valence-electron chi connectivity index (χ3n) is 13.3. The minimum absolute atomic E-state index is 0. The van der Waals surface area contributed by atoms with Crippen molar-refractivity contribution in [2.75, 3.05) is 0 Å². The van der Waals surface area contributed by atoms with Crippen LogP contribution in [0.4, 0.5) is 0 Å². The number of nitrogens with one attached hydrogen (secondary N) is 9. The molecule has 18 nitrogen and oxygen atoms in total. The van der Waals surface area contributed by atoms with E-state index in [1.807, 2.05) is 62.3 Å². The van der Waals surface area contributed by atoms with Crippen molar-refractivity contribution in [1.82, 2.24) is 91.8 Å². The van der Waals surface area contributed by atoms with Gasteiger partial charge in [-0.1, -0.05) is 0 Å². The van der Waals surface area contributed by atoms with Gasteiger partial charge in [-0.2, -0.15) is 45.9 Å². The van der Waals surface area contributed by atoms with Crippen LogP contribution in [-0.4, -0.2) is 112 Å². The number of rotatable bonds is 9. The summed E-state index contributed by atoms with van der Waals surface area (Å²) in [5.74, 6) is 0. The van der Waals surface area contributed by atoms with Gasteiger partial charge in [0.1, 0.15) is 0 Å². The van der Waals surface area contributed by atoms with Crippen LogP contribution in [0.5, 0.6) is 0 Å². The number of aromatic amines is 9. The van der Waals surface area contributed by atoms with Gasteiger partial charge in [-0.15, -0.1) is 12.4 Å².